The van der Waals surface area contributed by atoms with Crippen LogP contribution in [0.1, 0.15) is 26.3 Å². The number of fused-ring (bicyclic) bond motifs is 1. The first-order valence-corrected chi connectivity index (χ1v) is 8.69. The lowest BCUT2D eigenvalue weighted by molar-refractivity contribution is -0.0981. The van der Waals surface area contributed by atoms with Crippen LogP contribution in [0.5, 0.6) is 11.5 Å². The molecule has 0 spiro atoms. The second-order valence-corrected chi connectivity index (χ2v) is 7.33. The Hall–Kier alpha value is -2.00. The van der Waals surface area contributed by atoms with Crippen LogP contribution in [0.15, 0.2) is 18.2 Å². The molecule has 0 radical (unpaired) electrons. The van der Waals surface area contributed by atoms with E-state index in [0.29, 0.717) is 16.7 Å². The zero-order valence-corrected chi connectivity index (χ0v) is 15.0. The molecule has 2 rings (SSSR count). The van der Waals surface area contributed by atoms with Crippen LogP contribution in [0.25, 0.3) is 0 Å². The molecule has 1 aromatic carbocycles. The van der Waals surface area contributed by atoms with E-state index in [-0.39, 0.29) is 5.75 Å². The number of benzene rings is 1. The van der Waals surface area contributed by atoms with Crippen LogP contribution in [-0.2, 0) is 25.2 Å². The average Bonchev–Trinajstić information content (AvgIpc) is 2.77. The summed E-state index contributed by atoms with van der Waals surface area (Å²) in [6, 6.07) is 4.63. The highest BCUT2D eigenvalue weighted by Gasteiger charge is 2.43. The SMILES string of the molecule is CCOC1Oc2ccc(OS(=O)(=O)N(C)C(=O)OC)cc2C1(C)C. The van der Waals surface area contributed by atoms with E-state index in [1.165, 1.54) is 6.07 Å². The molecule has 8 nitrogen and oxygen atoms in total. The van der Waals surface area contributed by atoms with E-state index in [2.05, 4.69) is 4.74 Å². The summed E-state index contributed by atoms with van der Waals surface area (Å²) in [4.78, 5) is 11.4. The third-order valence-corrected chi connectivity index (χ3v) is 4.98. The fourth-order valence-corrected chi connectivity index (χ4v) is 3.06. The summed E-state index contributed by atoms with van der Waals surface area (Å²) in [6.45, 7) is 6.21. The topological polar surface area (TPSA) is 91.4 Å². The van der Waals surface area contributed by atoms with Gasteiger partial charge >= 0.3 is 16.4 Å². The van der Waals surface area contributed by atoms with E-state index < -0.39 is 28.1 Å². The molecular weight excluding hydrogens is 338 g/mol. The molecule has 0 saturated carbocycles. The highest BCUT2D eigenvalue weighted by Crippen LogP contribution is 2.44. The van der Waals surface area contributed by atoms with Crippen molar-refractivity contribution in [2.24, 2.45) is 0 Å². The van der Waals surface area contributed by atoms with Crippen molar-refractivity contribution >= 4 is 16.4 Å². The Balaban J connectivity index is 2.28. The molecule has 1 atom stereocenters. The molecule has 1 unspecified atom stereocenters. The van der Waals surface area contributed by atoms with E-state index in [4.69, 9.17) is 13.7 Å². The number of hydrogen-bond acceptors (Lipinski definition) is 7. The van der Waals surface area contributed by atoms with Gasteiger partial charge in [0.05, 0.1) is 12.5 Å². The van der Waals surface area contributed by atoms with Crippen LogP contribution >= 0.6 is 0 Å². The first-order valence-electron chi connectivity index (χ1n) is 7.32. The number of rotatable bonds is 5. The van der Waals surface area contributed by atoms with Crippen molar-refractivity contribution < 1.29 is 31.6 Å². The minimum absolute atomic E-state index is 0.0679. The first-order chi connectivity index (χ1) is 11.1. The molecular formula is C15H21NO7S. The summed E-state index contributed by atoms with van der Waals surface area (Å²) in [5, 5.41) is 0. The van der Waals surface area contributed by atoms with Gasteiger partial charge in [-0.2, -0.15) is 12.7 Å². The zero-order chi connectivity index (χ0) is 18.1. The molecule has 1 aliphatic heterocycles. The van der Waals surface area contributed by atoms with Gasteiger partial charge in [0.15, 0.2) is 0 Å². The number of carbonyl (C=O) groups excluding carboxylic acids is 1. The van der Waals surface area contributed by atoms with Crippen molar-refractivity contribution in [2.45, 2.75) is 32.5 Å². The van der Waals surface area contributed by atoms with E-state index in [1.54, 1.807) is 12.1 Å². The van der Waals surface area contributed by atoms with Gasteiger partial charge in [-0.25, -0.2) is 4.79 Å². The van der Waals surface area contributed by atoms with Crippen LogP contribution in [0.4, 0.5) is 4.79 Å². The van der Waals surface area contributed by atoms with E-state index in [1.807, 2.05) is 20.8 Å². The normalized spacial score (nSPS) is 18.5. The van der Waals surface area contributed by atoms with Crippen molar-refractivity contribution in [3.05, 3.63) is 23.8 Å². The van der Waals surface area contributed by atoms with Gasteiger partial charge in [-0.1, -0.05) is 0 Å². The van der Waals surface area contributed by atoms with Crippen molar-refractivity contribution in [2.75, 3.05) is 20.8 Å². The number of methoxy groups -OCH3 is 1. The Bertz CT molecular complexity index is 729. The minimum atomic E-state index is -4.32. The van der Waals surface area contributed by atoms with Crippen LogP contribution in [0.3, 0.4) is 0 Å². The minimum Gasteiger partial charge on any atom is -0.464 e. The molecule has 24 heavy (non-hydrogen) atoms. The van der Waals surface area contributed by atoms with Crippen molar-refractivity contribution in [3.8, 4) is 11.5 Å². The van der Waals surface area contributed by atoms with Gasteiger partial charge in [-0.3, -0.25) is 0 Å². The Labute approximate surface area is 141 Å². The lowest BCUT2D eigenvalue weighted by atomic mass is 9.85. The monoisotopic (exact) mass is 359 g/mol. The Morgan fingerprint density at radius 3 is 2.62 bits per heavy atom. The third-order valence-electron chi connectivity index (χ3n) is 3.76. The maximum Gasteiger partial charge on any atom is 0.425 e. The average molecular weight is 359 g/mol. The standard InChI is InChI=1S/C15H21NO7S/c1-6-21-13-15(2,3)11-9-10(7-8-12(11)22-13)23-24(18,19)16(4)14(17)20-5/h7-9,13H,6H2,1-5H3. The Morgan fingerprint density at radius 2 is 2.04 bits per heavy atom. The van der Waals surface area contributed by atoms with Crippen LogP contribution in [0, 0.1) is 0 Å². The predicted molar refractivity (Wildman–Crippen MR) is 85.2 cm³/mol. The fourth-order valence-electron chi connectivity index (χ4n) is 2.35. The van der Waals surface area contributed by atoms with E-state index in [9.17, 15) is 13.2 Å². The first kappa shape index (κ1) is 18.3. The largest absolute Gasteiger partial charge is 0.464 e. The summed E-state index contributed by atoms with van der Waals surface area (Å²) in [5.74, 6) is 0.669. The number of nitrogens with zero attached hydrogens (tertiary/aromatic N) is 1. The smallest absolute Gasteiger partial charge is 0.425 e. The quantitative estimate of drug-likeness (QED) is 0.794. The molecule has 1 aromatic rings. The van der Waals surface area contributed by atoms with Gasteiger partial charge in [-0.05, 0) is 39.0 Å². The van der Waals surface area contributed by atoms with E-state index in [0.717, 1.165) is 19.7 Å². The maximum atomic E-state index is 12.1. The molecule has 0 saturated heterocycles. The number of carbonyl (C=O) groups is 1. The summed E-state index contributed by atoms with van der Waals surface area (Å²) in [6.07, 6.45) is -1.52. The van der Waals surface area contributed by atoms with Gasteiger partial charge in [0, 0.05) is 19.2 Å². The van der Waals surface area contributed by atoms with Crippen LogP contribution in [0.2, 0.25) is 0 Å². The fraction of sp³-hybridized carbons (Fsp3) is 0.533. The van der Waals surface area contributed by atoms with Gasteiger partial charge in [-0.15, -0.1) is 0 Å². The molecule has 0 bridgehead atoms. The third kappa shape index (κ3) is 3.27. The van der Waals surface area contributed by atoms with Gasteiger partial charge in [0.25, 0.3) is 0 Å². The Kier molecular flexibility index (Phi) is 4.95. The van der Waals surface area contributed by atoms with Crippen LogP contribution in [-0.4, -0.2) is 45.9 Å². The summed E-state index contributed by atoms with van der Waals surface area (Å²) >= 11 is 0. The molecule has 0 N–H and O–H groups in total. The van der Waals surface area contributed by atoms with Gasteiger partial charge in [0.2, 0.25) is 6.29 Å². The maximum absolute atomic E-state index is 12.1. The molecule has 0 aromatic heterocycles. The summed E-state index contributed by atoms with van der Waals surface area (Å²) < 4.78 is 45.2. The summed E-state index contributed by atoms with van der Waals surface area (Å²) in [5.41, 5.74) is 0.275. The second kappa shape index (κ2) is 6.48. The lowest BCUT2D eigenvalue weighted by Gasteiger charge is -2.25. The van der Waals surface area contributed by atoms with Gasteiger partial charge in [0.1, 0.15) is 11.5 Å². The summed E-state index contributed by atoms with van der Waals surface area (Å²) in [7, 11) is -2.19. The van der Waals surface area contributed by atoms with E-state index >= 15 is 0 Å². The highest BCUT2D eigenvalue weighted by molar-refractivity contribution is 7.85. The van der Waals surface area contributed by atoms with Crippen molar-refractivity contribution in [1.82, 2.24) is 4.31 Å². The number of amides is 1. The number of hydrogen-bond donors (Lipinski definition) is 0. The van der Waals surface area contributed by atoms with Crippen molar-refractivity contribution in [1.29, 1.82) is 0 Å². The van der Waals surface area contributed by atoms with Crippen LogP contribution < -0.4 is 8.92 Å². The molecule has 9 heteroatoms. The molecule has 1 amide bonds. The predicted octanol–water partition coefficient (Wildman–Crippen LogP) is 2.04. The Morgan fingerprint density at radius 1 is 1.38 bits per heavy atom. The molecule has 0 fully saturated rings. The van der Waals surface area contributed by atoms with Gasteiger partial charge < -0.3 is 18.4 Å². The second-order valence-electron chi connectivity index (χ2n) is 5.76. The molecule has 0 aliphatic carbocycles. The number of ether oxygens (including phenoxy) is 3. The zero-order valence-electron chi connectivity index (χ0n) is 14.2. The lowest BCUT2D eigenvalue weighted by Crippen LogP contribution is -2.36. The highest BCUT2D eigenvalue weighted by atomic mass is 32.2. The molecule has 1 heterocycles. The molecule has 1 aliphatic rings. The van der Waals surface area contributed by atoms with Crippen molar-refractivity contribution in [3.63, 3.8) is 0 Å². The molecule has 134 valence electrons.